The van der Waals surface area contributed by atoms with Crippen molar-refractivity contribution in [2.75, 3.05) is 20.3 Å². The molecule has 0 unspecified atom stereocenters. The van der Waals surface area contributed by atoms with Crippen LogP contribution in [-0.2, 0) is 13.6 Å². The van der Waals surface area contributed by atoms with Crippen LogP contribution in [0, 0.1) is 0 Å². The summed E-state index contributed by atoms with van der Waals surface area (Å²) in [7, 11) is 3.41. The number of aryl methyl sites for hydroxylation is 1. The number of hydrogen-bond donors (Lipinski definition) is 2. The van der Waals surface area contributed by atoms with E-state index in [9.17, 15) is 4.79 Å². The quantitative estimate of drug-likeness (QED) is 0.676. The number of amides is 1. The van der Waals surface area contributed by atoms with Crippen molar-refractivity contribution in [2.45, 2.75) is 6.54 Å². The number of ether oxygens (including phenoxy) is 2. The molecule has 0 aliphatic heterocycles. The van der Waals surface area contributed by atoms with Crippen molar-refractivity contribution in [2.24, 2.45) is 7.05 Å². The smallest absolute Gasteiger partial charge is 0.251 e. The number of rotatable bonds is 7. The van der Waals surface area contributed by atoms with Gasteiger partial charge in [0.1, 0.15) is 6.61 Å². The summed E-state index contributed by atoms with van der Waals surface area (Å²) in [6.07, 6.45) is 1.81. The molecule has 0 atom stereocenters. The van der Waals surface area contributed by atoms with E-state index in [-0.39, 0.29) is 19.1 Å². The standard InChI is InChI=1S/C19H21N3O4/c1-22-16-9-13(3-4-15(16)12-21-22)11-20-19(24)14-5-6-17(25-2)18(10-14)26-8-7-23/h3-6,9-10,12,23H,7-8,11H2,1-2H3,(H,20,24). The van der Waals surface area contributed by atoms with Crippen molar-refractivity contribution in [3.63, 3.8) is 0 Å². The van der Waals surface area contributed by atoms with Crippen LogP contribution in [0.15, 0.2) is 42.6 Å². The zero-order chi connectivity index (χ0) is 18.5. The monoisotopic (exact) mass is 355 g/mol. The van der Waals surface area contributed by atoms with Crippen LogP contribution in [0.4, 0.5) is 0 Å². The first-order chi connectivity index (χ1) is 12.6. The minimum atomic E-state index is -0.216. The Morgan fingerprint density at radius 3 is 2.85 bits per heavy atom. The molecule has 2 aromatic carbocycles. The molecule has 3 rings (SSSR count). The summed E-state index contributed by atoms with van der Waals surface area (Å²) in [4.78, 5) is 12.4. The van der Waals surface area contributed by atoms with Gasteiger partial charge in [-0.15, -0.1) is 0 Å². The molecule has 0 saturated heterocycles. The van der Waals surface area contributed by atoms with E-state index < -0.39 is 0 Å². The number of aliphatic hydroxyl groups is 1. The molecular formula is C19H21N3O4. The number of benzene rings is 2. The summed E-state index contributed by atoms with van der Waals surface area (Å²) in [5.74, 6) is 0.716. The Balaban J connectivity index is 1.71. The van der Waals surface area contributed by atoms with E-state index in [1.165, 1.54) is 7.11 Å². The fourth-order valence-corrected chi connectivity index (χ4v) is 2.67. The Morgan fingerprint density at radius 2 is 2.08 bits per heavy atom. The molecule has 1 aromatic heterocycles. The number of carbonyl (C=O) groups excluding carboxylic acids is 1. The molecule has 0 radical (unpaired) electrons. The average molecular weight is 355 g/mol. The molecule has 0 fully saturated rings. The SMILES string of the molecule is COc1ccc(C(=O)NCc2ccc3cnn(C)c3c2)cc1OCCO. The van der Waals surface area contributed by atoms with Gasteiger partial charge < -0.3 is 19.9 Å². The Bertz CT molecular complexity index is 920. The van der Waals surface area contributed by atoms with Crippen molar-refractivity contribution >= 4 is 16.8 Å². The minimum Gasteiger partial charge on any atom is -0.493 e. The largest absolute Gasteiger partial charge is 0.493 e. The molecule has 3 aromatic rings. The average Bonchev–Trinajstić information content (AvgIpc) is 3.04. The van der Waals surface area contributed by atoms with Gasteiger partial charge in [0.05, 0.1) is 25.4 Å². The number of methoxy groups -OCH3 is 1. The molecule has 0 aliphatic carbocycles. The lowest BCUT2D eigenvalue weighted by atomic mass is 10.1. The predicted molar refractivity (Wildman–Crippen MR) is 97.5 cm³/mol. The van der Waals surface area contributed by atoms with Gasteiger partial charge in [0.25, 0.3) is 5.91 Å². The van der Waals surface area contributed by atoms with E-state index in [1.807, 2.05) is 31.4 Å². The summed E-state index contributed by atoms with van der Waals surface area (Å²) in [5.41, 5.74) is 2.46. The van der Waals surface area contributed by atoms with Crippen molar-refractivity contribution in [1.29, 1.82) is 0 Å². The zero-order valence-corrected chi connectivity index (χ0v) is 14.7. The lowest BCUT2D eigenvalue weighted by molar-refractivity contribution is 0.0950. The molecule has 0 bridgehead atoms. The van der Waals surface area contributed by atoms with Crippen molar-refractivity contribution in [3.05, 3.63) is 53.7 Å². The lowest BCUT2D eigenvalue weighted by Gasteiger charge is -2.12. The Morgan fingerprint density at radius 1 is 1.23 bits per heavy atom. The van der Waals surface area contributed by atoms with Crippen molar-refractivity contribution in [1.82, 2.24) is 15.1 Å². The highest BCUT2D eigenvalue weighted by Crippen LogP contribution is 2.28. The second-order valence-electron chi connectivity index (χ2n) is 5.78. The van der Waals surface area contributed by atoms with E-state index in [2.05, 4.69) is 10.4 Å². The van der Waals surface area contributed by atoms with Crippen LogP contribution >= 0.6 is 0 Å². The second kappa shape index (κ2) is 7.88. The lowest BCUT2D eigenvalue weighted by Crippen LogP contribution is -2.22. The van der Waals surface area contributed by atoms with Crippen LogP contribution in [-0.4, -0.2) is 41.1 Å². The molecular weight excluding hydrogens is 334 g/mol. The molecule has 0 aliphatic rings. The molecule has 7 nitrogen and oxygen atoms in total. The molecule has 1 heterocycles. The van der Waals surface area contributed by atoms with E-state index in [0.29, 0.717) is 23.6 Å². The Labute approximate surface area is 151 Å². The summed E-state index contributed by atoms with van der Waals surface area (Å²) in [6, 6.07) is 10.9. The molecule has 0 spiro atoms. The zero-order valence-electron chi connectivity index (χ0n) is 14.7. The van der Waals surface area contributed by atoms with Gasteiger partial charge in [-0.3, -0.25) is 9.48 Å². The van der Waals surface area contributed by atoms with Crippen molar-refractivity contribution < 1.29 is 19.4 Å². The van der Waals surface area contributed by atoms with Gasteiger partial charge in [-0.25, -0.2) is 0 Å². The van der Waals surface area contributed by atoms with E-state index in [0.717, 1.165) is 16.5 Å². The van der Waals surface area contributed by atoms with Crippen LogP contribution in [0.5, 0.6) is 11.5 Å². The number of nitrogens with one attached hydrogen (secondary N) is 1. The topological polar surface area (TPSA) is 85.6 Å². The first kappa shape index (κ1) is 17.8. The van der Waals surface area contributed by atoms with E-state index >= 15 is 0 Å². The third kappa shape index (κ3) is 3.78. The maximum Gasteiger partial charge on any atom is 0.251 e. The van der Waals surface area contributed by atoms with Crippen LogP contribution in [0.2, 0.25) is 0 Å². The van der Waals surface area contributed by atoms with Crippen molar-refractivity contribution in [3.8, 4) is 11.5 Å². The number of fused-ring (bicyclic) bond motifs is 1. The highest BCUT2D eigenvalue weighted by Gasteiger charge is 2.11. The number of aliphatic hydroxyl groups excluding tert-OH is 1. The van der Waals surface area contributed by atoms with E-state index in [1.54, 1.807) is 22.9 Å². The number of aromatic nitrogens is 2. The van der Waals surface area contributed by atoms with Gasteiger partial charge >= 0.3 is 0 Å². The maximum absolute atomic E-state index is 12.4. The van der Waals surface area contributed by atoms with Crippen LogP contribution < -0.4 is 14.8 Å². The Kier molecular flexibility index (Phi) is 5.38. The third-order valence-corrected chi connectivity index (χ3v) is 4.04. The molecule has 2 N–H and O–H groups in total. The van der Waals surface area contributed by atoms with Gasteiger partial charge in [0.15, 0.2) is 11.5 Å². The highest BCUT2D eigenvalue weighted by atomic mass is 16.5. The molecule has 26 heavy (non-hydrogen) atoms. The molecule has 1 amide bonds. The normalized spacial score (nSPS) is 10.7. The first-order valence-electron chi connectivity index (χ1n) is 8.23. The fraction of sp³-hybridized carbons (Fsp3) is 0.263. The number of carbonyl (C=O) groups is 1. The molecule has 136 valence electrons. The number of hydrogen-bond acceptors (Lipinski definition) is 5. The minimum absolute atomic E-state index is 0.115. The summed E-state index contributed by atoms with van der Waals surface area (Å²) >= 11 is 0. The van der Waals surface area contributed by atoms with Crippen LogP contribution in [0.25, 0.3) is 10.9 Å². The highest BCUT2D eigenvalue weighted by molar-refractivity contribution is 5.95. The van der Waals surface area contributed by atoms with Crippen LogP contribution in [0.1, 0.15) is 15.9 Å². The summed E-state index contributed by atoms with van der Waals surface area (Å²) in [5, 5.41) is 17.1. The van der Waals surface area contributed by atoms with Gasteiger partial charge in [-0.1, -0.05) is 12.1 Å². The number of nitrogens with zero attached hydrogens (tertiary/aromatic N) is 2. The summed E-state index contributed by atoms with van der Waals surface area (Å²) < 4.78 is 12.4. The fourth-order valence-electron chi connectivity index (χ4n) is 2.67. The molecule has 0 saturated carbocycles. The van der Waals surface area contributed by atoms with Gasteiger partial charge in [-0.05, 0) is 29.8 Å². The van der Waals surface area contributed by atoms with Crippen LogP contribution in [0.3, 0.4) is 0 Å². The van der Waals surface area contributed by atoms with Gasteiger partial charge in [-0.2, -0.15) is 5.10 Å². The predicted octanol–water partition coefficient (Wildman–Crippen LogP) is 1.88. The molecule has 7 heteroatoms. The third-order valence-electron chi connectivity index (χ3n) is 4.04. The summed E-state index contributed by atoms with van der Waals surface area (Å²) in [6.45, 7) is 0.418. The first-order valence-corrected chi connectivity index (χ1v) is 8.23. The second-order valence-corrected chi connectivity index (χ2v) is 5.78. The van der Waals surface area contributed by atoms with Gasteiger partial charge in [0, 0.05) is 24.5 Å². The van der Waals surface area contributed by atoms with Gasteiger partial charge in [0.2, 0.25) is 0 Å². The maximum atomic E-state index is 12.4. The van der Waals surface area contributed by atoms with E-state index in [4.69, 9.17) is 14.6 Å². The Hall–Kier alpha value is -3.06.